The summed E-state index contributed by atoms with van der Waals surface area (Å²) in [5, 5.41) is 16.5. The Morgan fingerprint density at radius 2 is 1.54 bits per heavy atom. The van der Waals surface area contributed by atoms with Crippen molar-refractivity contribution in [3.05, 3.63) is 35.9 Å². The first-order valence-electron chi connectivity index (χ1n) is 19.1. The zero-order valence-electron chi connectivity index (χ0n) is 34.3. The van der Waals surface area contributed by atoms with E-state index in [1.54, 1.807) is 44.9 Å². The summed E-state index contributed by atoms with van der Waals surface area (Å²) in [5.41, 5.74) is 0.711. The predicted octanol–water partition coefficient (Wildman–Crippen LogP) is 4.26. The standard InChI is InChI=1S/C37H63N5O7.C3H8/c1-12-24(4)33(41(9)31(44)22-38-37(47)32(23(2)3)40(7)8)29(48-10)21-30(43)42-20-16-19-28(42)35(49-11)25(5)36(46)39-26(6)34(45)27-17-14-13-15-18-27;1-3-2/h13-15,17-18,23-26,28-29,32-35,45H,12,16,19-22H2,1-11H3,(H,38,47)(H,39,46);3H2,1-2H3/t24-,25+,26+,28-,29+,32?,33-,34+,35?;/m0./s1. The van der Waals surface area contributed by atoms with E-state index < -0.39 is 36.3 Å². The van der Waals surface area contributed by atoms with Crippen LogP contribution in [0.2, 0.25) is 0 Å². The highest BCUT2D eigenvalue weighted by atomic mass is 16.5. The smallest absolute Gasteiger partial charge is 0.242 e. The molecule has 9 atom stereocenters. The fourth-order valence-corrected chi connectivity index (χ4v) is 7.22. The van der Waals surface area contributed by atoms with Crippen LogP contribution in [0.1, 0.15) is 99.2 Å². The van der Waals surface area contributed by atoms with Gasteiger partial charge in [-0.05, 0) is 51.3 Å². The topological polar surface area (TPSA) is 141 Å². The molecule has 2 rings (SSSR count). The number of nitrogens with one attached hydrogen (secondary N) is 2. The van der Waals surface area contributed by atoms with Crippen molar-refractivity contribution in [1.82, 2.24) is 25.3 Å². The maximum absolute atomic E-state index is 14.0. The third-order valence-corrected chi connectivity index (χ3v) is 10.2. The number of aliphatic hydroxyl groups excluding tert-OH is 1. The number of hydrogen-bond donors (Lipinski definition) is 3. The molecule has 12 heteroatoms. The van der Waals surface area contributed by atoms with Crippen LogP contribution in [0.4, 0.5) is 0 Å². The molecule has 298 valence electrons. The molecule has 1 fully saturated rings. The number of nitrogens with zero attached hydrogens (tertiary/aromatic N) is 3. The van der Waals surface area contributed by atoms with Crippen molar-refractivity contribution < 1.29 is 33.8 Å². The quantitative estimate of drug-likeness (QED) is 0.192. The van der Waals surface area contributed by atoms with Crippen molar-refractivity contribution >= 4 is 23.6 Å². The van der Waals surface area contributed by atoms with Crippen molar-refractivity contribution in [3.63, 3.8) is 0 Å². The summed E-state index contributed by atoms with van der Waals surface area (Å²) in [6, 6.07) is 7.54. The molecule has 0 spiro atoms. The molecule has 1 aliphatic rings. The lowest BCUT2D eigenvalue weighted by Crippen LogP contribution is -2.55. The van der Waals surface area contributed by atoms with Gasteiger partial charge in [0.2, 0.25) is 23.6 Å². The van der Waals surface area contributed by atoms with E-state index in [1.807, 2.05) is 77.0 Å². The monoisotopic (exact) mass is 734 g/mol. The minimum atomic E-state index is -0.872. The summed E-state index contributed by atoms with van der Waals surface area (Å²) in [4.78, 5) is 58.9. The van der Waals surface area contributed by atoms with Gasteiger partial charge < -0.3 is 35.0 Å². The molecule has 1 aliphatic heterocycles. The average molecular weight is 734 g/mol. The van der Waals surface area contributed by atoms with Gasteiger partial charge in [-0.1, -0.05) is 91.6 Å². The number of likely N-dealkylation sites (N-methyl/N-ethyl adjacent to an activating group) is 2. The van der Waals surface area contributed by atoms with E-state index in [2.05, 4.69) is 24.5 Å². The minimum absolute atomic E-state index is 0.00522. The Morgan fingerprint density at radius 3 is 2.04 bits per heavy atom. The highest BCUT2D eigenvalue weighted by Crippen LogP contribution is 2.29. The molecule has 3 N–H and O–H groups in total. The van der Waals surface area contributed by atoms with Crippen LogP contribution < -0.4 is 10.6 Å². The van der Waals surface area contributed by atoms with Gasteiger partial charge in [0, 0.05) is 27.8 Å². The molecule has 1 aromatic rings. The summed E-state index contributed by atoms with van der Waals surface area (Å²) in [6.07, 6.45) is 1.45. The summed E-state index contributed by atoms with van der Waals surface area (Å²) >= 11 is 0. The normalized spacial score (nSPS) is 19.0. The zero-order chi connectivity index (χ0) is 39.7. The summed E-state index contributed by atoms with van der Waals surface area (Å²) in [5.74, 6) is -1.40. The fraction of sp³-hybridized carbons (Fsp3) is 0.750. The lowest BCUT2D eigenvalue weighted by atomic mass is 9.90. The van der Waals surface area contributed by atoms with Gasteiger partial charge in [-0.15, -0.1) is 0 Å². The molecule has 1 heterocycles. The third kappa shape index (κ3) is 13.4. The van der Waals surface area contributed by atoms with Crippen molar-refractivity contribution in [3.8, 4) is 0 Å². The first kappa shape index (κ1) is 47.0. The Morgan fingerprint density at radius 1 is 0.942 bits per heavy atom. The number of hydrogen-bond acceptors (Lipinski definition) is 8. The van der Waals surface area contributed by atoms with Crippen LogP contribution in [0, 0.1) is 17.8 Å². The second-order valence-corrected chi connectivity index (χ2v) is 14.9. The second-order valence-electron chi connectivity index (χ2n) is 14.9. The fourth-order valence-electron chi connectivity index (χ4n) is 7.22. The summed E-state index contributed by atoms with van der Waals surface area (Å²) in [7, 11) is 8.48. The van der Waals surface area contributed by atoms with Crippen molar-refractivity contribution in [1.29, 1.82) is 0 Å². The van der Waals surface area contributed by atoms with E-state index in [9.17, 15) is 24.3 Å². The molecule has 12 nitrogen and oxygen atoms in total. The van der Waals surface area contributed by atoms with Gasteiger partial charge >= 0.3 is 0 Å². The van der Waals surface area contributed by atoms with E-state index in [0.29, 0.717) is 18.5 Å². The Balaban J connectivity index is 0.00000434. The van der Waals surface area contributed by atoms with E-state index in [4.69, 9.17) is 9.47 Å². The maximum Gasteiger partial charge on any atom is 0.242 e. The number of benzene rings is 1. The van der Waals surface area contributed by atoms with Crippen molar-refractivity contribution in [2.24, 2.45) is 17.8 Å². The highest BCUT2D eigenvalue weighted by Gasteiger charge is 2.42. The number of carbonyl (C=O) groups excluding carboxylic acids is 4. The molecule has 4 amide bonds. The van der Waals surface area contributed by atoms with Crippen molar-refractivity contribution in [2.75, 3.05) is 48.5 Å². The molecule has 52 heavy (non-hydrogen) atoms. The lowest BCUT2D eigenvalue weighted by molar-refractivity contribution is -0.146. The van der Waals surface area contributed by atoms with E-state index in [0.717, 1.165) is 12.8 Å². The zero-order valence-corrected chi connectivity index (χ0v) is 34.3. The molecule has 2 unspecified atom stereocenters. The van der Waals surface area contributed by atoms with Crippen LogP contribution in [0.5, 0.6) is 0 Å². The molecule has 1 aromatic carbocycles. The van der Waals surface area contributed by atoms with E-state index >= 15 is 0 Å². The van der Waals surface area contributed by atoms with Crippen LogP contribution in [-0.2, 0) is 28.7 Å². The minimum Gasteiger partial charge on any atom is -0.386 e. The molecule has 0 aliphatic carbocycles. The number of aliphatic hydroxyl groups is 1. The van der Waals surface area contributed by atoms with Gasteiger partial charge in [0.1, 0.15) is 0 Å². The Kier molecular flexibility index (Phi) is 21.3. The number of likely N-dealkylation sites (tertiary alicyclic amines) is 1. The molecular weight excluding hydrogens is 662 g/mol. The molecular formula is C40H71N5O7. The van der Waals surface area contributed by atoms with Crippen LogP contribution in [0.15, 0.2) is 30.3 Å². The highest BCUT2D eigenvalue weighted by molar-refractivity contribution is 5.87. The lowest BCUT2D eigenvalue weighted by Gasteiger charge is -2.39. The van der Waals surface area contributed by atoms with Crippen molar-refractivity contribution in [2.45, 2.75) is 130 Å². The second kappa shape index (κ2) is 23.6. The maximum atomic E-state index is 14.0. The first-order chi connectivity index (χ1) is 24.5. The van der Waals surface area contributed by atoms with Gasteiger partial charge in [0.15, 0.2) is 0 Å². The molecule has 0 bridgehead atoms. The van der Waals surface area contributed by atoms with Gasteiger partial charge in [-0.2, -0.15) is 0 Å². The molecule has 1 saturated heterocycles. The number of rotatable bonds is 19. The number of methoxy groups -OCH3 is 2. The van der Waals surface area contributed by atoms with Crippen LogP contribution in [-0.4, -0.2) is 128 Å². The average Bonchev–Trinajstić information content (AvgIpc) is 3.60. The number of ether oxygens (including phenoxy) is 2. The van der Waals surface area contributed by atoms with Crippen LogP contribution in [0.3, 0.4) is 0 Å². The van der Waals surface area contributed by atoms with Gasteiger partial charge in [-0.3, -0.25) is 24.1 Å². The predicted molar refractivity (Wildman–Crippen MR) is 206 cm³/mol. The number of carbonyl (C=O) groups is 4. The summed E-state index contributed by atoms with van der Waals surface area (Å²) < 4.78 is 11.8. The van der Waals surface area contributed by atoms with Gasteiger partial charge in [0.25, 0.3) is 0 Å². The Bertz CT molecular complexity index is 1210. The van der Waals surface area contributed by atoms with E-state index in [1.165, 1.54) is 6.42 Å². The first-order valence-corrected chi connectivity index (χ1v) is 19.1. The molecule has 0 radical (unpaired) electrons. The Labute approximate surface area is 314 Å². The van der Waals surface area contributed by atoms with Crippen LogP contribution in [0.25, 0.3) is 0 Å². The SMILES string of the molecule is CCC.CC[C@H](C)[C@@H]([C@@H](CC(=O)N1CCC[C@H]1C(OC)[C@@H](C)C(=O)N[C@H](C)[C@@H](O)c1ccccc1)OC)N(C)C(=O)CNC(=O)C(C(C)C)N(C)C. The molecule has 0 saturated carbocycles. The third-order valence-electron chi connectivity index (χ3n) is 10.2. The van der Waals surface area contributed by atoms with Crippen LogP contribution >= 0.6 is 0 Å². The number of amides is 4. The molecule has 0 aromatic heterocycles. The van der Waals surface area contributed by atoms with Gasteiger partial charge in [0.05, 0.1) is 61.4 Å². The van der Waals surface area contributed by atoms with E-state index in [-0.39, 0.29) is 60.5 Å². The van der Waals surface area contributed by atoms with Gasteiger partial charge in [-0.25, -0.2) is 0 Å². The largest absolute Gasteiger partial charge is 0.386 e. The summed E-state index contributed by atoms with van der Waals surface area (Å²) in [6.45, 7) is 16.1. The Hall–Kier alpha value is -3.06.